The van der Waals surface area contributed by atoms with E-state index in [1.165, 1.54) is 0 Å². The Balaban J connectivity index is 1.84. The first kappa shape index (κ1) is 26.3. The number of hydrogen-bond acceptors (Lipinski definition) is 5. The molecule has 0 saturated carbocycles. The van der Waals surface area contributed by atoms with Gasteiger partial charge >= 0.3 is 0 Å². The monoisotopic (exact) mass is 474 g/mol. The lowest BCUT2D eigenvalue weighted by molar-refractivity contribution is -0.336. The third-order valence-electron chi connectivity index (χ3n) is 7.26. The lowest BCUT2D eigenvalue weighted by Gasteiger charge is -2.53. The minimum Gasteiger partial charge on any atom is -0.411 e. The second-order valence-electron chi connectivity index (χ2n) is 11.3. The van der Waals surface area contributed by atoms with Crippen molar-refractivity contribution in [1.29, 1.82) is 0 Å². The highest BCUT2D eigenvalue weighted by Gasteiger charge is 2.53. The molecule has 0 bridgehead atoms. The number of allylic oxidation sites excluding steroid dienone is 1. The zero-order valence-corrected chi connectivity index (χ0v) is 22.4. The van der Waals surface area contributed by atoms with Crippen LogP contribution in [0, 0.1) is 0 Å². The van der Waals surface area contributed by atoms with Gasteiger partial charge in [-0.15, -0.1) is 0 Å². The molecule has 184 valence electrons. The second kappa shape index (κ2) is 10.1. The lowest BCUT2D eigenvalue weighted by atomic mass is 9.86. The van der Waals surface area contributed by atoms with Crippen LogP contribution in [0.3, 0.4) is 0 Å². The predicted molar refractivity (Wildman–Crippen MR) is 135 cm³/mol. The second-order valence-corrected chi connectivity index (χ2v) is 16.1. The summed E-state index contributed by atoms with van der Waals surface area (Å²) in [6.45, 7) is 20.0. The summed E-state index contributed by atoms with van der Waals surface area (Å²) in [5.74, 6) is 0. The quantitative estimate of drug-likeness (QED) is 0.392. The summed E-state index contributed by atoms with van der Waals surface area (Å²) in [4.78, 5) is 0. The summed E-state index contributed by atoms with van der Waals surface area (Å²) in [6, 6.07) is 10.1. The van der Waals surface area contributed by atoms with Crippen molar-refractivity contribution in [3.63, 3.8) is 0 Å². The van der Waals surface area contributed by atoms with Gasteiger partial charge in [0.05, 0.1) is 31.5 Å². The fourth-order valence-electron chi connectivity index (χ4n) is 4.21. The van der Waals surface area contributed by atoms with Gasteiger partial charge in [0.15, 0.2) is 14.6 Å². The Labute approximate surface area is 200 Å². The number of hydrogen-bond donors (Lipinski definition) is 1. The molecule has 0 unspecified atom stereocenters. The van der Waals surface area contributed by atoms with Crippen LogP contribution in [0.25, 0.3) is 0 Å². The molecule has 2 fully saturated rings. The van der Waals surface area contributed by atoms with Crippen molar-refractivity contribution < 1.29 is 23.7 Å². The molecule has 5 nitrogen and oxygen atoms in total. The maximum Gasteiger partial charge on any atom is 0.192 e. The average Bonchev–Trinajstić information content (AvgIpc) is 2.73. The molecule has 2 aliphatic heterocycles. The molecule has 1 aromatic carbocycles. The fourth-order valence-corrected chi connectivity index (χ4v) is 5.57. The highest BCUT2D eigenvalue weighted by Crippen LogP contribution is 2.45. The zero-order valence-electron chi connectivity index (χ0n) is 21.4. The van der Waals surface area contributed by atoms with Gasteiger partial charge in [-0.05, 0) is 37.6 Å². The minimum atomic E-state index is -2.04. The minimum absolute atomic E-state index is 0.0246. The molecular formula is C27H42O5Si. The van der Waals surface area contributed by atoms with Gasteiger partial charge in [-0.1, -0.05) is 69.3 Å². The SMILES string of the molecule is C=C(/C=C(\C)CO)C[C@@H]1O[C@]2(C)CO[C@@H](c3ccccc3)O[C@H]2C[C@H]1O[Si](C)(C)C(C)(C)C. The number of rotatable bonds is 7. The van der Waals surface area contributed by atoms with E-state index in [0.29, 0.717) is 13.0 Å². The Morgan fingerprint density at radius 3 is 2.55 bits per heavy atom. The number of aliphatic hydroxyl groups excluding tert-OH is 1. The average molecular weight is 475 g/mol. The van der Waals surface area contributed by atoms with Gasteiger partial charge in [0, 0.05) is 18.4 Å². The Hall–Kier alpha value is -1.28. The maximum atomic E-state index is 9.41. The number of ether oxygens (including phenoxy) is 3. The standard InChI is InChI=1S/C27H42O5Si/c1-19(14-20(2)17-28)15-22-23(32-33(7,8)26(3,4)5)16-24-27(6,31-22)18-29-25(30-24)21-12-10-9-11-13-21/h9-14,22-25,28H,1,15-18H2,2-8H3/b20-14+/t22-,23+,24-,25+,27+/m0/s1. The third-order valence-corrected chi connectivity index (χ3v) is 11.8. The molecule has 33 heavy (non-hydrogen) atoms. The Morgan fingerprint density at radius 1 is 1.27 bits per heavy atom. The molecule has 2 aliphatic rings. The van der Waals surface area contributed by atoms with Crippen LogP contribution in [-0.4, -0.2) is 50.6 Å². The van der Waals surface area contributed by atoms with Gasteiger partial charge in [0.2, 0.25) is 0 Å². The number of aliphatic hydroxyl groups is 1. The molecule has 0 amide bonds. The molecule has 0 spiro atoms. The van der Waals surface area contributed by atoms with Crippen molar-refractivity contribution in [2.45, 2.75) is 95.8 Å². The molecule has 6 heteroatoms. The third kappa shape index (κ3) is 6.24. The molecule has 2 saturated heterocycles. The normalized spacial score (nSPS) is 31.2. The van der Waals surface area contributed by atoms with Gasteiger partial charge < -0.3 is 23.7 Å². The fraction of sp³-hybridized carbons (Fsp3) is 0.630. The largest absolute Gasteiger partial charge is 0.411 e. The van der Waals surface area contributed by atoms with E-state index in [1.54, 1.807) is 0 Å². The maximum absolute atomic E-state index is 9.41. The molecule has 1 aromatic rings. The van der Waals surface area contributed by atoms with Crippen LogP contribution in [0.2, 0.25) is 18.1 Å². The van der Waals surface area contributed by atoms with Crippen molar-refractivity contribution in [3.8, 4) is 0 Å². The van der Waals surface area contributed by atoms with Crippen LogP contribution >= 0.6 is 0 Å². The summed E-state index contributed by atoms with van der Waals surface area (Å²) in [6.07, 6.45) is 2.54. The van der Waals surface area contributed by atoms with Gasteiger partial charge in [-0.3, -0.25) is 0 Å². The van der Waals surface area contributed by atoms with Crippen LogP contribution in [0.15, 0.2) is 54.1 Å². The van der Waals surface area contributed by atoms with Crippen molar-refractivity contribution in [2.24, 2.45) is 0 Å². The Bertz CT molecular complexity index is 844. The zero-order chi connectivity index (χ0) is 24.4. The molecule has 0 aromatic heterocycles. The van der Waals surface area contributed by atoms with E-state index < -0.39 is 20.2 Å². The smallest absolute Gasteiger partial charge is 0.192 e. The summed E-state index contributed by atoms with van der Waals surface area (Å²) in [7, 11) is -2.04. The van der Waals surface area contributed by atoms with E-state index in [9.17, 15) is 5.11 Å². The molecule has 1 N–H and O–H groups in total. The highest BCUT2D eigenvalue weighted by atomic mass is 28.4. The topological polar surface area (TPSA) is 57.2 Å². The van der Waals surface area contributed by atoms with E-state index >= 15 is 0 Å². The predicted octanol–water partition coefficient (Wildman–Crippen LogP) is 5.92. The molecular weight excluding hydrogens is 432 g/mol. The molecule has 0 aliphatic carbocycles. The number of fused-ring (bicyclic) bond motifs is 1. The van der Waals surface area contributed by atoms with Crippen molar-refractivity contribution in [1.82, 2.24) is 0 Å². The van der Waals surface area contributed by atoms with Crippen LogP contribution < -0.4 is 0 Å². The van der Waals surface area contributed by atoms with Gasteiger partial charge in [0.1, 0.15) is 5.60 Å². The first-order valence-electron chi connectivity index (χ1n) is 12.0. The summed E-state index contributed by atoms with van der Waals surface area (Å²) in [5.41, 5.74) is 2.27. The Morgan fingerprint density at radius 2 is 1.94 bits per heavy atom. The van der Waals surface area contributed by atoms with Crippen LogP contribution in [0.5, 0.6) is 0 Å². The van der Waals surface area contributed by atoms with Crippen LogP contribution in [0.1, 0.15) is 59.3 Å². The highest BCUT2D eigenvalue weighted by molar-refractivity contribution is 6.74. The van der Waals surface area contributed by atoms with Crippen LogP contribution in [-0.2, 0) is 18.6 Å². The Kier molecular flexibility index (Phi) is 8.09. The van der Waals surface area contributed by atoms with Crippen molar-refractivity contribution >= 4 is 8.32 Å². The molecule has 2 heterocycles. The van der Waals surface area contributed by atoms with E-state index in [-0.39, 0.29) is 30.0 Å². The van der Waals surface area contributed by atoms with E-state index in [0.717, 1.165) is 23.1 Å². The van der Waals surface area contributed by atoms with Crippen molar-refractivity contribution in [2.75, 3.05) is 13.2 Å². The van der Waals surface area contributed by atoms with Crippen molar-refractivity contribution in [3.05, 3.63) is 59.7 Å². The van der Waals surface area contributed by atoms with Crippen LogP contribution in [0.4, 0.5) is 0 Å². The van der Waals surface area contributed by atoms with E-state index in [4.69, 9.17) is 18.6 Å². The van der Waals surface area contributed by atoms with E-state index in [1.807, 2.05) is 43.3 Å². The summed E-state index contributed by atoms with van der Waals surface area (Å²) < 4.78 is 26.2. The molecule has 5 atom stereocenters. The lowest BCUT2D eigenvalue weighted by Crippen LogP contribution is -2.62. The van der Waals surface area contributed by atoms with Gasteiger partial charge in [-0.25, -0.2) is 0 Å². The van der Waals surface area contributed by atoms with Gasteiger partial charge in [-0.2, -0.15) is 0 Å². The molecule has 0 radical (unpaired) electrons. The number of benzene rings is 1. The van der Waals surface area contributed by atoms with Gasteiger partial charge in [0.25, 0.3) is 0 Å². The first-order chi connectivity index (χ1) is 15.3. The first-order valence-corrected chi connectivity index (χ1v) is 14.9. The molecule has 3 rings (SSSR count). The van der Waals surface area contributed by atoms with E-state index in [2.05, 4.69) is 47.4 Å². The summed E-state index contributed by atoms with van der Waals surface area (Å²) >= 11 is 0. The summed E-state index contributed by atoms with van der Waals surface area (Å²) in [5, 5.41) is 9.49.